The molecular formula is C5H8F3NO2. The number of carbonyl (C=O) groups is 1. The van der Waals surface area contributed by atoms with Gasteiger partial charge in [0.1, 0.15) is 0 Å². The first-order valence-electron chi connectivity index (χ1n) is 2.85. The third-order valence-corrected chi connectivity index (χ3v) is 1.08. The summed E-state index contributed by atoms with van der Waals surface area (Å²) in [6.45, 7) is 0. The monoisotopic (exact) mass is 171 g/mol. The maximum absolute atomic E-state index is 12.4. The lowest BCUT2D eigenvalue weighted by Gasteiger charge is -2.13. The molecule has 3 N–H and O–H groups in total. The van der Waals surface area contributed by atoms with Crippen molar-refractivity contribution in [3.05, 3.63) is 0 Å². The minimum atomic E-state index is -3.03. The molecule has 11 heavy (non-hydrogen) atoms. The van der Waals surface area contributed by atoms with Crippen molar-refractivity contribution in [3.63, 3.8) is 0 Å². The highest BCUT2D eigenvalue weighted by atomic mass is 19.3. The van der Waals surface area contributed by atoms with Crippen molar-refractivity contribution in [2.45, 2.75) is 25.1 Å². The van der Waals surface area contributed by atoms with Crippen LogP contribution in [0, 0.1) is 0 Å². The smallest absolute Gasteiger partial charge is 0.356 e. The number of hydrogen-bond donors (Lipinski definition) is 2. The molecule has 1 atom stereocenters. The number of carboxylic acid groups (broad SMARTS) is 1. The van der Waals surface area contributed by atoms with Crippen molar-refractivity contribution < 1.29 is 23.1 Å². The van der Waals surface area contributed by atoms with E-state index in [1.807, 2.05) is 0 Å². The Labute approximate surface area is 61.0 Å². The van der Waals surface area contributed by atoms with Gasteiger partial charge in [0.15, 0.2) is 0 Å². The van der Waals surface area contributed by atoms with Gasteiger partial charge in [-0.1, -0.05) is 0 Å². The minimum absolute atomic E-state index is 0.848. The molecule has 6 heteroatoms. The van der Waals surface area contributed by atoms with E-state index in [1.54, 1.807) is 0 Å². The lowest BCUT2D eigenvalue weighted by atomic mass is 10.1. The van der Waals surface area contributed by atoms with E-state index in [9.17, 15) is 18.0 Å². The maximum atomic E-state index is 12.4. The molecule has 0 aliphatic carbocycles. The third kappa shape index (κ3) is 3.82. The van der Waals surface area contributed by atoms with Crippen molar-refractivity contribution in [2.75, 3.05) is 0 Å². The molecule has 0 rings (SSSR count). The Hall–Kier alpha value is -0.780. The van der Waals surface area contributed by atoms with E-state index in [0.717, 1.165) is 0 Å². The van der Waals surface area contributed by atoms with Crippen LogP contribution in [0.2, 0.25) is 0 Å². The van der Waals surface area contributed by atoms with E-state index in [0.29, 0.717) is 0 Å². The summed E-state index contributed by atoms with van der Waals surface area (Å²) < 4.78 is 35.2. The largest absolute Gasteiger partial charge is 0.478 e. The van der Waals surface area contributed by atoms with Crippen LogP contribution in [0.4, 0.5) is 13.2 Å². The van der Waals surface area contributed by atoms with Crippen LogP contribution in [0.1, 0.15) is 12.8 Å². The first-order valence-corrected chi connectivity index (χ1v) is 2.85. The van der Waals surface area contributed by atoms with Gasteiger partial charge in [0.2, 0.25) is 6.43 Å². The van der Waals surface area contributed by atoms with E-state index in [4.69, 9.17) is 5.11 Å². The lowest BCUT2D eigenvalue weighted by molar-refractivity contribution is -0.151. The van der Waals surface area contributed by atoms with Crippen LogP contribution < -0.4 is 5.73 Å². The van der Waals surface area contributed by atoms with Crippen LogP contribution >= 0.6 is 0 Å². The van der Waals surface area contributed by atoms with Crippen molar-refractivity contribution in [3.8, 4) is 0 Å². The molecule has 0 spiro atoms. The van der Waals surface area contributed by atoms with Crippen LogP contribution in [-0.4, -0.2) is 23.3 Å². The number of halogens is 3. The fraction of sp³-hybridized carbons (Fsp3) is 0.800. The highest BCUT2D eigenvalue weighted by molar-refractivity contribution is 5.76. The van der Waals surface area contributed by atoms with Crippen LogP contribution in [-0.2, 0) is 4.79 Å². The van der Waals surface area contributed by atoms with Gasteiger partial charge in [0.25, 0.3) is 5.79 Å². The number of rotatable bonds is 4. The Kier molecular flexibility index (Phi) is 3.31. The normalized spacial score (nSPS) is 16.5. The Morgan fingerprint density at radius 2 is 2.09 bits per heavy atom. The zero-order valence-electron chi connectivity index (χ0n) is 5.56. The summed E-state index contributed by atoms with van der Waals surface area (Å²) in [6.07, 6.45) is -4.45. The van der Waals surface area contributed by atoms with Crippen LogP contribution in [0.25, 0.3) is 0 Å². The molecule has 0 aromatic rings. The summed E-state index contributed by atoms with van der Waals surface area (Å²) in [6, 6.07) is 0. The first-order chi connectivity index (χ1) is 4.86. The molecule has 0 bridgehead atoms. The fourth-order valence-corrected chi connectivity index (χ4v) is 0.426. The van der Waals surface area contributed by atoms with Gasteiger partial charge in [-0.3, -0.25) is 5.73 Å². The first kappa shape index (κ1) is 10.2. The number of alkyl halides is 3. The summed E-state index contributed by atoms with van der Waals surface area (Å²) >= 11 is 0. The van der Waals surface area contributed by atoms with Crippen molar-refractivity contribution >= 4 is 5.97 Å². The Bertz CT molecular complexity index is 149. The quantitative estimate of drug-likeness (QED) is 0.613. The van der Waals surface area contributed by atoms with Crippen LogP contribution in [0.5, 0.6) is 0 Å². The lowest BCUT2D eigenvalue weighted by Crippen LogP contribution is -2.43. The van der Waals surface area contributed by atoms with Crippen molar-refractivity contribution in [2.24, 2.45) is 5.73 Å². The molecule has 0 saturated heterocycles. The number of nitrogens with two attached hydrogens (primary N) is 1. The SMILES string of the molecule is NC(F)(CCC(F)F)C(=O)O. The number of carboxylic acids is 1. The van der Waals surface area contributed by atoms with Gasteiger partial charge in [-0.15, -0.1) is 0 Å². The standard InChI is InChI=1S/C5H8F3NO2/c6-3(7)1-2-5(8,9)4(10)11/h3H,1-2,9H2,(H,10,11). The molecule has 1 unspecified atom stereocenters. The van der Waals surface area contributed by atoms with E-state index >= 15 is 0 Å². The Balaban J connectivity index is 3.83. The Morgan fingerprint density at radius 3 is 2.36 bits per heavy atom. The van der Waals surface area contributed by atoms with E-state index < -0.39 is 31.0 Å². The third-order valence-electron chi connectivity index (χ3n) is 1.08. The minimum Gasteiger partial charge on any atom is -0.478 e. The molecule has 0 aromatic heterocycles. The highest BCUT2D eigenvalue weighted by Gasteiger charge is 2.34. The van der Waals surface area contributed by atoms with Gasteiger partial charge in [-0.2, -0.15) is 0 Å². The second-order valence-corrected chi connectivity index (χ2v) is 2.10. The van der Waals surface area contributed by atoms with Gasteiger partial charge in [-0.25, -0.2) is 18.0 Å². The zero-order valence-corrected chi connectivity index (χ0v) is 5.56. The molecule has 3 nitrogen and oxygen atoms in total. The fourth-order valence-electron chi connectivity index (χ4n) is 0.426. The van der Waals surface area contributed by atoms with Crippen LogP contribution in [0.3, 0.4) is 0 Å². The highest BCUT2D eigenvalue weighted by Crippen LogP contribution is 2.15. The summed E-state index contributed by atoms with van der Waals surface area (Å²) in [5.41, 5.74) is 4.51. The van der Waals surface area contributed by atoms with E-state index in [2.05, 4.69) is 5.73 Å². The van der Waals surface area contributed by atoms with Gasteiger partial charge in [0.05, 0.1) is 0 Å². The van der Waals surface area contributed by atoms with Gasteiger partial charge in [0, 0.05) is 12.8 Å². The summed E-state index contributed by atoms with van der Waals surface area (Å²) in [7, 11) is 0. The molecule has 0 fully saturated rings. The zero-order chi connectivity index (χ0) is 9.07. The van der Waals surface area contributed by atoms with Gasteiger partial charge in [-0.05, 0) is 0 Å². The molecule has 66 valence electrons. The molecule has 0 aliphatic rings. The van der Waals surface area contributed by atoms with Crippen molar-refractivity contribution in [1.82, 2.24) is 0 Å². The number of hydrogen-bond acceptors (Lipinski definition) is 2. The average Bonchev–Trinajstić information content (AvgIpc) is 1.84. The summed E-state index contributed by atoms with van der Waals surface area (Å²) in [4.78, 5) is 9.89. The summed E-state index contributed by atoms with van der Waals surface area (Å²) in [5.74, 6) is -4.95. The predicted molar refractivity (Wildman–Crippen MR) is 30.9 cm³/mol. The second kappa shape index (κ2) is 3.56. The topological polar surface area (TPSA) is 63.3 Å². The maximum Gasteiger partial charge on any atom is 0.356 e. The van der Waals surface area contributed by atoms with E-state index in [1.165, 1.54) is 0 Å². The molecule has 0 aliphatic heterocycles. The Morgan fingerprint density at radius 1 is 1.64 bits per heavy atom. The molecule has 0 amide bonds. The van der Waals surface area contributed by atoms with Crippen LogP contribution in [0.15, 0.2) is 0 Å². The summed E-state index contributed by atoms with van der Waals surface area (Å²) in [5, 5.41) is 8.01. The average molecular weight is 171 g/mol. The molecule has 0 heterocycles. The second-order valence-electron chi connectivity index (χ2n) is 2.10. The predicted octanol–water partition coefficient (Wildman–Crippen LogP) is 0.741. The van der Waals surface area contributed by atoms with Gasteiger partial charge < -0.3 is 5.11 Å². The van der Waals surface area contributed by atoms with Gasteiger partial charge >= 0.3 is 5.97 Å². The van der Waals surface area contributed by atoms with E-state index in [-0.39, 0.29) is 0 Å². The molecule has 0 radical (unpaired) electrons. The molecule has 0 aromatic carbocycles. The molecule has 0 saturated carbocycles. The molecular weight excluding hydrogens is 163 g/mol. The number of aliphatic carboxylic acids is 1. The van der Waals surface area contributed by atoms with Crippen molar-refractivity contribution in [1.29, 1.82) is 0 Å².